The number of rotatable bonds is 13. The Kier molecular flexibility index (Phi) is 21.9. The van der Waals surface area contributed by atoms with Crippen LogP contribution in [0, 0.1) is 5.92 Å². The van der Waals surface area contributed by atoms with Crippen molar-refractivity contribution < 1.29 is 39.3 Å². The molecule has 0 rings (SSSR count). The predicted molar refractivity (Wildman–Crippen MR) is 121 cm³/mol. The Balaban J connectivity index is -0.000000421. The molecule has 0 aliphatic heterocycles. The number of nitrogens with one attached hydrogen (secondary N) is 2. The van der Waals surface area contributed by atoms with Gasteiger partial charge in [0.25, 0.3) is 0 Å². The number of carbonyl (C=O) groups excluding carboxylic acids is 2. The van der Waals surface area contributed by atoms with Crippen LogP contribution in [0.5, 0.6) is 0 Å². The number of hydrogen-bond acceptors (Lipinski definition) is 8. The Labute approximate surface area is 193 Å². The number of nitrogens with two attached hydrogens (primary N) is 4. The van der Waals surface area contributed by atoms with Crippen molar-refractivity contribution in [3.05, 3.63) is 0 Å². The monoisotopic (exact) mass is 480 g/mol. The van der Waals surface area contributed by atoms with E-state index in [2.05, 4.69) is 10.6 Å². The van der Waals surface area contributed by atoms with Crippen molar-refractivity contribution in [2.24, 2.45) is 28.9 Å². The van der Waals surface area contributed by atoms with Crippen molar-refractivity contribution in [1.82, 2.24) is 10.6 Å². The maximum atomic E-state index is 10.6. The topological polar surface area (TPSA) is 274 Å². The number of unbranched alkanes of at least 4 members (excludes halogenated alkanes) is 1. The number of primary amides is 1. The fourth-order valence-electron chi connectivity index (χ4n) is 1.94. The smallest absolute Gasteiger partial charge is 0.326 e. The van der Waals surface area contributed by atoms with Gasteiger partial charge in [-0.15, -0.1) is 0 Å². The van der Waals surface area contributed by atoms with Gasteiger partial charge in [-0.1, -0.05) is 13.8 Å². The standard InChI is InChI=1S/C8H16N2O3.C6H13N3O3.C5H11NO2/c1-6(11)10-7(8(12)13)4-2-3-5-9;7-4(5(10)11)2-1-3-9-6(8)12;1-3(2)4(6)5(7)8/h7H,2-5,9H2,1H3,(H,10,11)(H,12,13);4H,1-3,7H2,(H,10,11)(H3,8,9,12);3-4H,6H2,1-2H3,(H,7,8)/t7-;2*4-/m000/s1. The zero-order valence-electron chi connectivity index (χ0n) is 19.5. The summed E-state index contributed by atoms with van der Waals surface area (Å²) >= 11 is 0. The summed E-state index contributed by atoms with van der Waals surface area (Å²) < 4.78 is 0. The fourth-order valence-corrected chi connectivity index (χ4v) is 1.94. The minimum atomic E-state index is -1.03. The molecule has 0 heterocycles. The molecule has 3 amide bonds. The van der Waals surface area contributed by atoms with Crippen molar-refractivity contribution in [3.63, 3.8) is 0 Å². The summed E-state index contributed by atoms with van der Waals surface area (Å²) in [6, 6.07) is -2.96. The van der Waals surface area contributed by atoms with E-state index in [4.69, 9.17) is 38.3 Å². The normalized spacial score (nSPS) is 12.6. The van der Waals surface area contributed by atoms with E-state index in [1.807, 2.05) is 0 Å². The van der Waals surface area contributed by atoms with Crippen LogP contribution < -0.4 is 33.6 Å². The number of urea groups is 1. The van der Waals surface area contributed by atoms with Gasteiger partial charge in [-0.3, -0.25) is 14.4 Å². The summed E-state index contributed by atoms with van der Waals surface area (Å²) in [5, 5.41) is 29.9. The number of carboxylic acids is 3. The first-order valence-corrected chi connectivity index (χ1v) is 10.4. The molecule has 3 atom stereocenters. The first-order valence-electron chi connectivity index (χ1n) is 10.4. The van der Waals surface area contributed by atoms with Crippen LogP contribution in [0.2, 0.25) is 0 Å². The van der Waals surface area contributed by atoms with Gasteiger partial charge in [-0.25, -0.2) is 9.59 Å². The zero-order valence-corrected chi connectivity index (χ0v) is 19.5. The summed E-state index contributed by atoms with van der Waals surface area (Å²) in [6.07, 6.45) is 2.77. The lowest BCUT2D eigenvalue weighted by Crippen LogP contribution is -2.39. The molecule has 0 aromatic carbocycles. The molecule has 0 unspecified atom stereocenters. The molecule has 14 nitrogen and oxygen atoms in total. The van der Waals surface area contributed by atoms with Crippen molar-refractivity contribution in [3.8, 4) is 0 Å². The van der Waals surface area contributed by atoms with Crippen LogP contribution in [0.4, 0.5) is 4.79 Å². The molecule has 194 valence electrons. The molecule has 0 bridgehead atoms. The van der Waals surface area contributed by atoms with Gasteiger partial charge in [-0.2, -0.15) is 0 Å². The Morgan fingerprint density at radius 3 is 1.70 bits per heavy atom. The number of amides is 3. The predicted octanol–water partition coefficient (Wildman–Crippen LogP) is -1.39. The SMILES string of the molecule is CC(=O)N[C@@H](CCCCN)C(=O)O.CC(C)[C@H](N)C(=O)O.NC(=O)NCCC[C@H](N)C(=O)O. The number of hydrogen-bond donors (Lipinski definition) is 9. The molecule has 0 saturated carbocycles. The molecule has 14 heteroatoms. The van der Waals surface area contributed by atoms with E-state index >= 15 is 0 Å². The molecule has 0 aromatic rings. The molecule has 0 fully saturated rings. The minimum absolute atomic E-state index is 0.0208. The summed E-state index contributed by atoms with van der Waals surface area (Å²) in [7, 11) is 0. The van der Waals surface area contributed by atoms with E-state index in [1.165, 1.54) is 6.92 Å². The second-order valence-electron chi connectivity index (χ2n) is 7.36. The highest BCUT2D eigenvalue weighted by molar-refractivity contribution is 5.82. The van der Waals surface area contributed by atoms with Crippen LogP contribution in [-0.2, 0) is 19.2 Å². The Morgan fingerprint density at radius 2 is 1.39 bits per heavy atom. The van der Waals surface area contributed by atoms with Crippen LogP contribution in [0.3, 0.4) is 0 Å². The Bertz CT molecular complexity index is 603. The third-order valence-electron chi connectivity index (χ3n) is 3.93. The zero-order chi connectivity index (χ0) is 26.6. The van der Waals surface area contributed by atoms with Gasteiger partial charge >= 0.3 is 23.9 Å². The second kappa shape index (κ2) is 20.9. The molecule has 0 aliphatic rings. The van der Waals surface area contributed by atoms with Crippen molar-refractivity contribution in [2.75, 3.05) is 13.1 Å². The maximum absolute atomic E-state index is 10.6. The highest BCUT2D eigenvalue weighted by Crippen LogP contribution is 2.00. The Hall–Kier alpha value is -2.97. The molecule has 0 radical (unpaired) electrons. The van der Waals surface area contributed by atoms with E-state index in [9.17, 15) is 24.0 Å². The lowest BCUT2D eigenvalue weighted by Gasteiger charge is -2.12. The molecule has 0 spiro atoms. The van der Waals surface area contributed by atoms with E-state index in [0.717, 1.165) is 6.42 Å². The molecule has 33 heavy (non-hydrogen) atoms. The molecular formula is C19H40N6O8. The van der Waals surface area contributed by atoms with E-state index in [0.29, 0.717) is 38.8 Å². The van der Waals surface area contributed by atoms with Crippen LogP contribution >= 0.6 is 0 Å². The minimum Gasteiger partial charge on any atom is -0.480 e. The summed E-state index contributed by atoms with van der Waals surface area (Å²) in [5.41, 5.74) is 20.4. The van der Waals surface area contributed by atoms with Gasteiger partial charge in [0.15, 0.2) is 0 Å². The van der Waals surface area contributed by atoms with Gasteiger partial charge in [0.05, 0.1) is 0 Å². The van der Waals surface area contributed by atoms with Gasteiger partial charge in [-0.05, 0) is 44.6 Å². The quantitative estimate of drug-likeness (QED) is 0.138. The number of aliphatic carboxylic acids is 3. The lowest BCUT2D eigenvalue weighted by molar-refractivity contribution is -0.142. The summed E-state index contributed by atoms with van der Waals surface area (Å²) in [6.45, 7) is 5.76. The summed E-state index contributed by atoms with van der Waals surface area (Å²) in [5.74, 6) is -3.26. The second-order valence-corrected chi connectivity index (χ2v) is 7.36. The molecular weight excluding hydrogens is 440 g/mol. The first-order chi connectivity index (χ1) is 15.2. The highest BCUT2D eigenvalue weighted by Gasteiger charge is 2.17. The van der Waals surface area contributed by atoms with Crippen molar-refractivity contribution in [2.45, 2.75) is 71.0 Å². The van der Waals surface area contributed by atoms with Gasteiger partial charge < -0.3 is 48.9 Å². The highest BCUT2D eigenvalue weighted by atomic mass is 16.4. The molecule has 0 aromatic heterocycles. The third kappa shape index (κ3) is 25.2. The van der Waals surface area contributed by atoms with Crippen LogP contribution in [0.15, 0.2) is 0 Å². The van der Waals surface area contributed by atoms with Crippen molar-refractivity contribution in [1.29, 1.82) is 0 Å². The largest absolute Gasteiger partial charge is 0.480 e. The van der Waals surface area contributed by atoms with Crippen molar-refractivity contribution >= 4 is 29.8 Å². The van der Waals surface area contributed by atoms with Crippen LogP contribution in [0.1, 0.15) is 52.9 Å². The first kappa shape index (κ1) is 34.6. The molecule has 0 saturated heterocycles. The lowest BCUT2D eigenvalue weighted by atomic mass is 10.1. The van der Waals surface area contributed by atoms with Gasteiger partial charge in [0.2, 0.25) is 5.91 Å². The van der Waals surface area contributed by atoms with Gasteiger partial charge in [0, 0.05) is 13.5 Å². The average Bonchev–Trinajstić information content (AvgIpc) is 2.70. The van der Waals surface area contributed by atoms with E-state index in [-0.39, 0.29) is 11.8 Å². The number of carbonyl (C=O) groups is 5. The molecule has 0 aliphatic carbocycles. The third-order valence-corrected chi connectivity index (χ3v) is 3.93. The summed E-state index contributed by atoms with van der Waals surface area (Å²) in [4.78, 5) is 51.5. The van der Waals surface area contributed by atoms with Crippen LogP contribution in [0.25, 0.3) is 0 Å². The maximum Gasteiger partial charge on any atom is 0.326 e. The molecule has 13 N–H and O–H groups in total. The fraction of sp³-hybridized carbons (Fsp3) is 0.737. The average molecular weight is 481 g/mol. The van der Waals surface area contributed by atoms with Gasteiger partial charge in [0.1, 0.15) is 18.1 Å². The number of carboxylic acid groups (broad SMARTS) is 3. The van der Waals surface area contributed by atoms with E-state index in [1.54, 1.807) is 13.8 Å². The van der Waals surface area contributed by atoms with E-state index < -0.39 is 42.1 Å². The Morgan fingerprint density at radius 1 is 0.848 bits per heavy atom. The van der Waals surface area contributed by atoms with Crippen LogP contribution in [-0.4, -0.2) is 76.4 Å².